The Morgan fingerprint density at radius 2 is 1.79 bits per heavy atom. The van der Waals surface area contributed by atoms with Gasteiger partial charge in [-0.2, -0.15) is 13.2 Å². The third-order valence-electron chi connectivity index (χ3n) is 7.65. The molecular formula is C28H31F4NO5. The number of carbonyl (C=O) groups is 2. The summed E-state index contributed by atoms with van der Waals surface area (Å²) in [7, 11) is 2.79. The first-order valence-corrected chi connectivity index (χ1v) is 12.5. The molecule has 0 aromatic heterocycles. The van der Waals surface area contributed by atoms with E-state index in [9.17, 15) is 27.2 Å². The quantitative estimate of drug-likeness (QED) is 0.347. The summed E-state index contributed by atoms with van der Waals surface area (Å²) in [6.07, 6.45) is -3.50. The predicted molar refractivity (Wildman–Crippen MR) is 132 cm³/mol. The van der Waals surface area contributed by atoms with Crippen molar-refractivity contribution in [2.75, 3.05) is 25.7 Å². The van der Waals surface area contributed by atoms with Gasteiger partial charge in [0.1, 0.15) is 11.6 Å². The minimum Gasteiger partial charge on any atom is -0.496 e. The zero-order valence-electron chi connectivity index (χ0n) is 21.7. The molecule has 1 aliphatic carbocycles. The molecule has 0 bridgehead atoms. The van der Waals surface area contributed by atoms with Crippen molar-refractivity contribution in [1.29, 1.82) is 0 Å². The number of hydrogen-bond acceptors (Lipinski definition) is 5. The SMILES string of the molecule is COC(=O)[C@H]1CC[C@@]2(C[C@@H](c3cc(N(C(=O)C(F)(F)F)C(C)C)ccc3OC)CO2)[C@@H]1c1ccc(F)cc1. The van der Waals surface area contributed by atoms with Gasteiger partial charge in [-0.25, -0.2) is 4.39 Å². The van der Waals surface area contributed by atoms with Gasteiger partial charge in [0.05, 0.1) is 32.3 Å². The van der Waals surface area contributed by atoms with Crippen molar-refractivity contribution in [1.82, 2.24) is 0 Å². The Bertz CT molecular complexity index is 1180. The van der Waals surface area contributed by atoms with Crippen molar-refractivity contribution < 1.29 is 41.4 Å². The zero-order valence-corrected chi connectivity index (χ0v) is 21.7. The monoisotopic (exact) mass is 537 g/mol. The largest absolute Gasteiger partial charge is 0.496 e. The van der Waals surface area contributed by atoms with Crippen LogP contribution in [0.25, 0.3) is 0 Å². The molecule has 2 aromatic carbocycles. The molecule has 1 saturated heterocycles. The second-order valence-corrected chi connectivity index (χ2v) is 10.2. The lowest BCUT2D eigenvalue weighted by molar-refractivity contribution is -0.170. The van der Waals surface area contributed by atoms with Crippen molar-refractivity contribution in [3.05, 3.63) is 59.4 Å². The summed E-state index contributed by atoms with van der Waals surface area (Å²) in [5.41, 5.74) is 0.708. The van der Waals surface area contributed by atoms with Gasteiger partial charge in [0, 0.05) is 29.1 Å². The van der Waals surface area contributed by atoms with Gasteiger partial charge >= 0.3 is 18.1 Å². The highest BCUT2D eigenvalue weighted by molar-refractivity contribution is 5.98. The van der Waals surface area contributed by atoms with Crippen LogP contribution in [0.4, 0.5) is 23.2 Å². The molecule has 4 atom stereocenters. The average Bonchev–Trinajstić information content (AvgIpc) is 3.47. The van der Waals surface area contributed by atoms with Gasteiger partial charge in [-0.1, -0.05) is 12.1 Å². The molecule has 2 aliphatic rings. The van der Waals surface area contributed by atoms with E-state index >= 15 is 0 Å². The average molecular weight is 538 g/mol. The second-order valence-electron chi connectivity index (χ2n) is 10.2. The number of hydrogen-bond donors (Lipinski definition) is 0. The number of methoxy groups -OCH3 is 2. The normalized spacial score (nSPS) is 25.1. The molecule has 1 aliphatic heterocycles. The Morgan fingerprint density at radius 3 is 2.37 bits per heavy atom. The van der Waals surface area contributed by atoms with Crippen molar-refractivity contribution in [2.24, 2.45) is 5.92 Å². The molecule has 2 fully saturated rings. The number of halogens is 4. The number of ether oxygens (including phenoxy) is 3. The Hall–Kier alpha value is -3.14. The van der Waals surface area contributed by atoms with E-state index in [1.165, 1.54) is 46.3 Å². The number of anilines is 1. The minimum absolute atomic E-state index is 0.105. The fraction of sp³-hybridized carbons (Fsp3) is 0.500. The fourth-order valence-corrected chi connectivity index (χ4v) is 6.07. The third kappa shape index (κ3) is 5.10. The minimum atomic E-state index is -5.03. The number of nitrogens with zero attached hydrogens (tertiary/aromatic N) is 1. The topological polar surface area (TPSA) is 65.1 Å². The van der Waals surface area contributed by atoms with E-state index in [1.807, 2.05) is 0 Å². The van der Waals surface area contributed by atoms with E-state index in [-0.39, 0.29) is 24.2 Å². The van der Waals surface area contributed by atoms with Crippen LogP contribution >= 0.6 is 0 Å². The van der Waals surface area contributed by atoms with Crippen LogP contribution in [-0.2, 0) is 19.1 Å². The lowest BCUT2D eigenvalue weighted by Crippen LogP contribution is -2.45. The van der Waals surface area contributed by atoms with Gasteiger partial charge in [-0.15, -0.1) is 0 Å². The maximum atomic E-state index is 13.7. The molecule has 206 valence electrons. The molecule has 38 heavy (non-hydrogen) atoms. The van der Waals surface area contributed by atoms with Gasteiger partial charge < -0.3 is 19.1 Å². The molecule has 4 rings (SSSR count). The Kier molecular flexibility index (Phi) is 7.74. The lowest BCUT2D eigenvalue weighted by atomic mass is 9.76. The molecule has 1 amide bonds. The number of alkyl halides is 3. The molecule has 1 heterocycles. The van der Waals surface area contributed by atoms with Crippen LogP contribution < -0.4 is 9.64 Å². The summed E-state index contributed by atoms with van der Waals surface area (Å²) in [5, 5.41) is 0. The van der Waals surface area contributed by atoms with Crippen molar-refractivity contribution in [3.8, 4) is 5.75 Å². The number of rotatable bonds is 6. The molecule has 1 spiro atoms. The summed E-state index contributed by atoms with van der Waals surface area (Å²) >= 11 is 0. The first kappa shape index (κ1) is 27.9. The maximum absolute atomic E-state index is 13.7. The van der Waals surface area contributed by atoms with Crippen molar-refractivity contribution in [2.45, 2.75) is 62.8 Å². The molecule has 1 saturated carbocycles. The standard InChI is InChI=1S/C28H31F4NO5/c1-16(2)33(26(35)28(30,31)32)20-9-10-23(36-3)22(13-20)18-14-27(38-15-18)12-11-21(25(34)37-4)24(27)17-5-7-19(29)8-6-17/h5-10,13,16,18,21,24H,11-12,14-15H2,1-4H3/t18-,21+,24-,27-/m1/s1. The zero-order chi connectivity index (χ0) is 27.8. The van der Waals surface area contributed by atoms with Crippen LogP contribution in [0.15, 0.2) is 42.5 Å². The van der Waals surface area contributed by atoms with Gasteiger partial charge in [0.15, 0.2) is 0 Å². The summed E-state index contributed by atoms with van der Waals surface area (Å²) in [6, 6.07) is 9.76. The number of amides is 1. The first-order valence-electron chi connectivity index (χ1n) is 12.5. The van der Waals surface area contributed by atoms with Crippen LogP contribution in [0, 0.1) is 11.7 Å². The van der Waals surface area contributed by atoms with E-state index in [1.54, 1.807) is 24.3 Å². The van der Waals surface area contributed by atoms with Gasteiger partial charge in [-0.05, 0) is 69.0 Å². The summed E-state index contributed by atoms with van der Waals surface area (Å²) in [5.74, 6) is -3.42. The van der Waals surface area contributed by atoms with Crippen LogP contribution in [0.2, 0.25) is 0 Å². The van der Waals surface area contributed by atoms with Crippen LogP contribution in [0.3, 0.4) is 0 Å². The smallest absolute Gasteiger partial charge is 0.471 e. The molecule has 6 nitrogen and oxygen atoms in total. The highest BCUT2D eigenvalue weighted by Gasteiger charge is 2.57. The molecule has 0 N–H and O–H groups in total. The van der Waals surface area contributed by atoms with E-state index < -0.39 is 41.4 Å². The summed E-state index contributed by atoms with van der Waals surface area (Å²) in [4.78, 5) is 25.6. The van der Waals surface area contributed by atoms with E-state index in [2.05, 4.69) is 0 Å². The highest BCUT2D eigenvalue weighted by atomic mass is 19.4. The van der Waals surface area contributed by atoms with Crippen LogP contribution in [0.1, 0.15) is 56.1 Å². The van der Waals surface area contributed by atoms with Crippen molar-refractivity contribution >= 4 is 17.6 Å². The second kappa shape index (κ2) is 10.6. The highest BCUT2D eigenvalue weighted by Crippen LogP contribution is 2.57. The third-order valence-corrected chi connectivity index (χ3v) is 7.65. The summed E-state index contributed by atoms with van der Waals surface area (Å²) < 4.78 is 70.8. The predicted octanol–water partition coefficient (Wildman–Crippen LogP) is 5.75. The van der Waals surface area contributed by atoms with Crippen LogP contribution in [-0.4, -0.2) is 50.5 Å². The van der Waals surface area contributed by atoms with Crippen LogP contribution in [0.5, 0.6) is 5.75 Å². The van der Waals surface area contributed by atoms with E-state index in [0.29, 0.717) is 30.6 Å². The number of esters is 1. The Morgan fingerprint density at radius 1 is 1.11 bits per heavy atom. The molecule has 10 heteroatoms. The number of carbonyl (C=O) groups excluding carboxylic acids is 2. The Balaban J connectivity index is 1.71. The van der Waals surface area contributed by atoms with Crippen molar-refractivity contribution in [3.63, 3.8) is 0 Å². The molecular weight excluding hydrogens is 506 g/mol. The first-order chi connectivity index (χ1) is 17.9. The van der Waals surface area contributed by atoms with E-state index in [0.717, 1.165) is 10.5 Å². The summed E-state index contributed by atoms with van der Waals surface area (Å²) in [6.45, 7) is 3.26. The lowest BCUT2D eigenvalue weighted by Gasteiger charge is -2.33. The molecule has 0 radical (unpaired) electrons. The fourth-order valence-electron chi connectivity index (χ4n) is 6.07. The Labute approximate surface area is 218 Å². The maximum Gasteiger partial charge on any atom is 0.471 e. The molecule has 2 aromatic rings. The molecule has 0 unspecified atom stereocenters. The van der Waals surface area contributed by atoms with Gasteiger partial charge in [0.2, 0.25) is 0 Å². The van der Waals surface area contributed by atoms with E-state index in [4.69, 9.17) is 14.2 Å². The number of benzene rings is 2. The van der Waals surface area contributed by atoms with Gasteiger partial charge in [0.25, 0.3) is 0 Å². The van der Waals surface area contributed by atoms with Gasteiger partial charge in [-0.3, -0.25) is 9.59 Å².